The molecule has 2 aromatic carbocycles. The first-order valence-electron chi connectivity index (χ1n) is 6.30. The van der Waals surface area contributed by atoms with E-state index in [1.807, 2.05) is 0 Å². The fraction of sp³-hybridized carbons (Fsp3) is 0. The van der Waals surface area contributed by atoms with Crippen LogP contribution in [0.1, 0.15) is 10.4 Å². The minimum absolute atomic E-state index is 0.0577. The normalized spacial score (nSPS) is 10.4. The molecule has 0 fully saturated rings. The Morgan fingerprint density at radius 3 is 2.35 bits per heavy atom. The van der Waals surface area contributed by atoms with Crippen molar-refractivity contribution in [3.8, 4) is 0 Å². The second-order valence-corrected chi connectivity index (χ2v) is 4.32. The number of nitro groups is 2. The van der Waals surface area contributed by atoms with Crippen LogP contribution >= 0.6 is 0 Å². The van der Waals surface area contributed by atoms with Crippen LogP contribution < -0.4 is 5.43 Å². The SMILES string of the molecule is O=C(/C=N\Nc1ccc([N+](=O)[O-])cc1[N+](=O)[O-])c1ccccc1. The lowest BCUT2D eigenvalue weighted by Crippen LogP contribution is -2.03. The van der Waals surface area contributed by atoms with Gasteiger partial charge in [0.05, 0.1) is 22.1 Å². The van der Waals surface area contributed by atoms with E-state index in [1.165, 1.54) is 0 Å². The highest BCUT2D eigenvalue weighted by Crippen LogP contribution is 2.28. The van der Waals surface area contributed by atoms with Crippen molar-refractivity contribution >= 4 is 29.1 Å². The van der Waals surface area contributed by atoms with E-state index >= 15 is 0 Å². The topological polar surface area (TPSA) is 128 Å². The smallest absolute Gasteiger partial charge is 0.287 e. The summed E-state index contributed by atoms with van der Waals surface area (Å²) in [6.07, 6.45) is 0.973. The lowest BCUT2D eigenvalue weighted by atomic mass is 10.1. The molecule has 0 aliphatic carbocycles. The maximum Gasteiger partial charge on any atom is 0.301 e. The molecule has 0 unspecified atom stereocenters. The lowest BCUT2D eigenvalue weighted by molar-refractivity contribution is -0.393. The van der Waals surface area contributed by atoms with Gasteiger partial charge in [0.15, 0.2) is 0 Å². The van der Waals surface area contributed by atoms with Crippen LogP contribution in [0.4, 0.5) is 17.1 Å². The van der Waals surface area contributed by atoms with Gasteiger partial charge in [-0.1, -0.05) is 30.3 Å². The summed E-state index contributed by atoms with van der Waals surface area (Å²) in [5, 5.41) is 25.2. The van der Waals surface area contributed by atoms with E-state index in [2.05, 4.69) is 10.5 Å². The standard InChI is InChI=1S/C14H10N4O5/c19-14(10-4-2-1-3-5-10)9-15-16-12-7-6-11(17(20)21)8-13(12)18(22)23/h1-9,16H/b15-9-. The van der Waals surface area contributed by atoms with Crippen molar-refractivity contribution in [3.05, 3.63) is 74.3 Å². The Bertz CT molecular complexity index is 789. The van der Waals surface area contributed by atoms with Gasteiger partial charge < -0.3 is 0 Å². The number of nitro benzene ring substituents is 2. The summed E-state index contributed by atoms with van der Waals surface area (Å²) in [5.41, 5.74) is 1.78. The van der Waals surface area contributed by atoms with Gasteiger partial charge in [-0.2, -0.15) is 5.10 Å². The Kier molecular flexibility index (Phi) is 4.72. The molecule has 0 spiro atoms. The second kappa shape index (κ2) is 6.89. The number of carbonyl (C=O) groups is 1. The molecule has 0 heterocycles. The zero-order valence-corrected chi connectivity index (χ0v) is 11.6. The number of nitrogens with zero attached hydrogens (tertiary/aromatic N) is 3. The van der Waals surface area contributed by atoms with Gasteiger partial charge in [-0.05, 0) is 6.07 Å². The number of anilines is 1. The predicted molar refractivity (Wildman–Crippen MR) is 82.6 cm³/mol. The van der Waals surface area contributed by atoms with Gasteiger partial charge >= 0.3 is 5.69 Å². The fourth-order valence-corrected chi connectivity index (χ4v) is 1.72. The number of Topliss-reactive ketones (excluding diaryl/α,β-unsaturated/α-hetero) is 1. The van der Waals surface area contributed by atoms with Crippen LogP contribution in [0.3, 0.4) is 0 Å². The highest BCUT2D eigenvalue weighted by Gasteiger charge is 2.19. The van der Waals surface area contributed by atoms with Crippen LogP contribution in [-0.4, -0.2) is 21.8 Å². The largest absolute Gasteiger partial charge is 0.301 e. The molecule has 0 aromatic heterocycles. The second-order valence-electron chi connectivity index (χ2n) is 4.32. The molecule has 0 atom stereocenters. The average molecular weight is 314 g/mol. The molecule has 0 amide bonds. The van der Waals surface area contributed by atoms with Crippen LogP contribution in [0.5, 0.6) is 0 Å². The van der Waals surface area contributed by atoms with E-state index < -0.39 is 21.2 Å². The first kappa shape index (κ1) is 15.8. The average Bonchev–Trinajstić information content (AvgIpc) is 2.55. The van der Waals surface area contributed by atoms with E-state index in [0.717, 1.165) is 24.4 Å². The fourth-order valence-electron chi connectivity index (χ4n) is 1.72. The van der Waals surface area contributed by atoms with Crippen molar-refractivity contribution in [2.24, 2.45) is 5.10 Å². The highest BCUT2D eigenvalue weighted by atomic mass is 16.6. The number of rotatable bonds is 6. The maximum atomic E-state index is 11.8. The molecule has 2 aromatic rings. The molecule has 0 aliphatic heterocycles. The molecule has 0 aliphatic rings. The van der Waals surface area contributed by atoms with Gasteiger partial charge in [0.2, 0.25) is 5.78 Å². The van der Waals surface area contributed by atoms with Gasteiger partial charge in [-0.3, -0.25) is 30.4 Å². The molecule has 9 nitrogen and oxygen atoms in total. The quantitative estimate of drug-likeness (QED) is 0.378. The number of benzene rings is 2. The number of nitrogens with one attached hydrogen (secondary N) is 1. The van der Waals surface area contributed by atoms with Gasteiger partial charge in [0.25, 0.3) is 5.69 Å². The van der Waals surface area contributed by atoms with E-state index in [1.54, 1.807) is 30.3 Å². The first-order valence-corrected chi connectivity index (χ1v) is 6.30. The van der Waals surface area contributed by atoms with Crippen molar-refractivity contribution < 1.29 is 14.6 Å². The van der Waals surface area contributed by atoms with Crippen LogP contribution in [-0.2, 0) is 0 Å². The van der Waals surface area contributed by atoms with Crippen molar-refractivity contribution in [1.82, 2.24) is 0 Å². The van der Waals surface area contributed by atoms with E-state index in [-0.39, 0.29) is 11.5 Å². The number of non-ortho nitro benzene ring substituents is 1. The van der Waals surface area contributed by atoms with Crippen molar-refractivity contribution in [3.63, 3.8) is 0 Å². The number of carbonyl (C=O) groups excluding carboxylic acids is 1. The van der Waals surface area contributed by atoms with Crippen LogP contribution in [0.25, 0.3) is 0 Å². The monoisotopic (exact) mass is 314 g/mol. The minimum Gasteiger partial charge on any atom is -0.287 e. The summed E-state index contributed by atoms with van der Waals surface area (Å²) in [5.74, 6) is -0.386. The van der Waals surface area contributed by atoms with Crippen molar-refractivity contribution in [1.29, 1.82) is 0 Å². The number of ketones is 1. The lowest BCUT2D eigenvalue weighted by Gasteiger charge is -2.01. The first-order chi connectivity index (χ1) is 11.0. The predicted octanol–water partition coefficient (Wildman–Crippen LogP) is 2.78. The Labute approximate surface area is 129 Å². The van der Waals surface area contributed by atoms with Crippen LogP contribution in [0.2, 0.25) is 0 Å². The zero-order valence-electron chi connectivity index (χ0n) is 11.6. The molecular weight excluding hydrogens is 304 g/mol. The summed E-state index contributed by atoms with van der Waals surface area (Å²) < 4.78 is 0. The summed E-state index contributed by atoms with van der Waals surface area (Å²) >= 11 is 0. The Morgan fingerprint density at radius 2 is 1.74 bits per heavy atom. The van der Waals surface area contributed by atoms with Crippen LogP contribution in [0.15, 0.2) is 53.6 Å². The third-order valence-corrected chi connectivity index (χ3v) is 2.81. The maximum absolute atomic E-state index is 11.8. The zero-order chi connectivity index (χ0) is 16.8. The van der Waals surface area contributed by atoms with Crippen LogP contribution in [0, 0.1) is 20.2 Å². The number of hydrazone groups is 1. The Hall–Kier alpha value is -3.62. The summed E-state index contributed by atoms with van der Waals surface area (Å²) in [4.78, 5) is 31.8. The number of hydrogen-bond acceptors (Lipinski definition) is 7. The van der Waals surface area contributed by atoms with Crippen molar-refractivity contribution in [2.45, 2.75) is 0 Å². The third kappa shape index (κ3) is 3.94. The molecule has 9 heteroatoms. The van der Waals surface area contributed by atoms with E-state index in [9.17, 15) is 25.0 Å². The van der Waals surface area contributed by atoms with Gasteiger partial charge in [0, 0.05) is 11.6 Å². The Balaban J connectivity index is 2.17. The molecular formula is C14H10N4O5. The van der Waals surface area contributed by atoms with E-state index in [4.69, 9.17) is 0 Å². The molecule has 23 heavy (non-hydrogen) atoms. The van der Waals surface area contributed by atoms with Gasteiger partial charge in [0.1, 0.15) is 5.69 Å². The molecule has 1 N–H and O–H groups in total. The third-order valence-electron chi connectivity index (χ3n) is 2.81. The van der Waals surface area contributed by atoms with Crippen molar-refractivity contribution in [2.75, 3.05) is 5.43 Å². The summed E-state index contributed by atoms with van der Waals surface area (Å²) in [7, 11) is 0. The summed E-state index contributed by atoms with van der Waals surface area (Å²) in [6, 6.07) is 11.4. The van der Waals surface area contributed by atoms with Gasteiger partial charge in [-0.15, -0.1) is 0 Å². The molecule has 0 saturated carbocycles. The highest BCUT2D eigenvalue weighted by molar-refractivity contribution is 6.35. The molecule has 2 rings (SSSR count). The molecule has 0 bridgehead atoms. The number of hydrogen-bond donors (Lipinski definition) is 1. The van der Waals surface area contributed by atoms with Gasteiger partial charge in [-0.25, -0.2) is 0 Å². The molecule has 0 radical (unpaired) electrons. The minimum atomic E-state index is -0.774. The van der Waals surface area contributed by atoms with E-state index in [0.29, 0.717) is 5.56 Å². The molecule has 0 saturated heterocycles. The molecule has 116 valence electrons. The summed E-state index contributed by atoms with van der Waals surface area (Å²) in [6.45, 7) is 0. The Morgan fingerprint density at radius 1 is 1.04 bits per heavy atom.